The molecule has 4 rings (SSSR count). The summed E-state index contributed by atoms with van der Waals surface area (Å²) < 4.78 is 5.53. The Morgan fingerprint density at radius 3 is 2.62 bits per heavy atom. The van der Waals surface area contributed by atoms with Crippen molar-refractivity contribution in [3.63, 3.8) is 0 Å². The Bertz CT molecular complexity index is 946. The number of rotatable bonds is 6. The van der Waals surface area contributed by atoms with Gasteiger partial charge in [-0.25, -0.2) is 0 Å². The van der Waals surface area contributed by atoms with Gasteiger partial charge in [0.25, 0.3) is 0 Å². The normalized spacial score (nSPS) is 14.7. The third kappa shape index (κ3) is 4.91. The predicted molar refractivity (Wildman–Crippen MR) is 112 cm³/mol. The molecule has 1 fully saturated rings. The van der Waals surface area contributed by atoms with Crippen LogP contribution in [0.15, 0.2) is 59.1 Å². The summed E-state index contributed by atoms with van der Waals surface area (Å²) in [6.07, 6.45) is 6.06. The van der Waals surface area contributed by atoms with E-state index in [0.29, 0.717) is 24.7 Å². The molecule has 150 valence electrons. The smallest absolute Gasteiger partial charge is 0.246 e. The summed E-state index contributed by atoms with van der Waals surface area (Å²) in [4.78, 5) is 19.7. The van der Waals surface area contributed by atoms with Gasteiger partial charge < -0.3 is 9.42 Å². The number of hydrogen-bond donors (Lipinski definition) is 0. The second-order valence-electron chi connectivity index (χ2n) is 7.86. The molecule has 2 aromatic carbocycles. The third-order valence-corrected chi connectivity index (χ3v) is 5.58. The SMILES string of the molecule is Cc1cccc(-c2noc(CN(C(=O)Cc3ccccc3)C3CCCCC3)n2)c1. The predicted octanol–water partition coefficient (Wildman–Crippen LogP) is 4.95. The molecule has 29 heavy (non-hydrogen) atoms. The molecule has 1 amide bonds. The van der Waals surface area contributed by atoms with Crippen LogP contribution in [0.1, 0.15) is 49.1 Å². The first kappa shape index (κ1) is 19.4. The van der Waals surface area contributed by atoms with Crippen molar-refractivity contribution in [1.82, 2.24) is 15.0 Å². The van der Waals surface area contributed by atoms with Gasteiger partial charge in [0.15, 0.2) is 0 Å². The molecule has 1 aliphatic carbocycles. The average Bonchev–Trinajstić information content (AvgIpc) is 3.22. The quantitative estimate of drug-likeness (QED) is 0.598. The summed E-state index contributed by atoms with van der Waals surface area (Å²) in [5, 5.41) is 4.14. The first-order valence-electron chi connectivity index (χ1n) is 10.4. The number of nitrogens with zero attached hydrogens (tertiary/aromatic N) is 3. The molecule has 3 aromatic rings. The van der Waals surface area contributed by atoms with Gasteiger partial charge in [-0.1, -0.05) is 78.5 Å². The molecule has 0 bridgehead atoms. The van der Waals surface area contributed by atoms with E-state index in [0.717, 1.165) is 42.4 Å². The van der Waals surface area contributed by atoms with Gasteiger partial charge in [-0.15, -0.1) is 0 Å². The number of aryl methyl sites for hydroxylation is 1. The van der Waals surface area contributed by atoms with Crippen LogP contribution in [0.3, 0.4) is 0 Å². The van der Waals surface area contributed by atoms with Gasteiger partial charge in [-0.3, -0.25) is 4.79 Å². The Morgan fingerprint density at radius 1 is 1.07 bits per heavy atom. The van der Waals surface area contributed by atoms with Crippen molar-refractivity contribution in [2.24, 2.45) is 0 Å². The number of carbonyl (C=O) groups is 1. The monoisotopic (exact) mass is 389 g/mol. The molecular weight excluding hydrogens is 362 g/mol. The maximum absolute atomic E-state index is 13.2. The Balaban J connectivity index is 1.53. The first-order valence-corrected chi connectivity index (χ1v) is 10.4. The third-order valence-electron chi connectivity index (χ3n) is 5.58. The lowest BCUT2D eigenvalue weighted by Gasteiger charge is -2.33. The lowest BCUT2D eigenvalue weighted by atomic mass is 9.93. The van der Waals surface area contributed by atoms with Gasteiger partial charge in [-0.05, 0) is 31.4 Å². The van der Waals surface area contributed by atoms with Crippen LogP contribution < -0.4 is 0 Å². The number of amides is 1. The zero-order valence-electron chi connectivity index (χ0n) is 16.9. The number of aromatic nitrogens is 2. The first-order chi connectivity index (χ1) is 14.2. The molecule has 5 heteroatoms. The molecule has 0 unspecified atom stereocenters. The fourth-order valence-electron chi connectivity index (χ4n) is 4.05. The molecule has 0 aliphatic heterocycles. The van der Waals surface area contributed by atoms with Crippen molar-refractivity contribution in [2.45, 2.75) is 58.0 Å². The standard InChI is InChI=1S/C24H27N3O2/c1-18-9-8-12-20(15-18)24-25-22(29-26-24)17-27(21-13-6-3-7-14-21)23(28)16-19-10-4-2-5-11-19/h2,4-5,8-12,15,21H,3,6-7,13-14,16-17H2,1H3. The lowest BCUT2D eigenvalue weighted by molar-refractivity contribution is -0.134. The van der Waals surface area contributed by atoms with Gasteiger partial charge in [0.2, 0.25) is 17.6 Å². The molecular formula is C24H27N3O2. The Kier molecular flexibility index (Phi) is 6.03. The number of carbonyl (C=O) groups excluding carboxylic acids is 1. The van der Waals surface area contributed by atoms with Gasteiger partial charge in [-0.2, -0.15) is 4.98 Å². The van der Waals surface area contributed by atoms with Crippen molar-refractivity contribution in [3.8, 4) is 11.4 Å². The van der Waals surface area contributed by atoms with E-state index >= 15 is 0 Å². The van der Waals surface area contributed by atoms with Crippen LogP contribution in [0.25, 0.3) is 11.4 Å². The van der Waals surface area contributed by atoms with Crippen LogP contribution in [-0.4, -0.2) is 27.0 Å². The van der Waals surface area contributed by atoms with Gasteiger partial charge in [0.05, 0.1) is 6.42 Å². The Morgan fingerprint density at radius 2 is 1.86 bits per heavy atom. The fraction of sp³-hybridized carbons (Fsp3) is 0.375. The van der Waals surface area contributed by atoms with Crippen molar-refractivity contribution in [1.29, 1.82) is 0 Å². The molecule has 5 nitrogen and oxygen atoms in total. The van der Waals surface area contributed by atoms with E-state index in [4.69, 9.17) is 4.52 Å². The van der Waals surface area contributed by atoms with E-state index in [-0.39, 0.29) is 11.9 Å². The van der Waals surface area contributed by atoms with E-state index in [1.165, 1.54) is 6.42 Å². The highest BCUT2D eigenvalue weighted by molar-refractivity contribution is 5.79. The Hall–Kier alpha value is -2.95. The van der Waals surface area contributed by atoms with Crippen molar-refractivity contribution in [2.75, 3.05) is 0 Å². The average molecular weight is 389 g/mol. The second-order valence-corrected chi connectivity index (χ2v) is 7.86. The summed E-state index contributed by atoms with van der Waals surface area (Å²) in [7, 11) is 0. The molecule has 1 saturated carbocycles. The van der Waals surface area contributed by atoms with Gasteiger partial charge in [0.1, 0.15) is 6.54 Å². The summed E-state index contributed by atoms with van der Waals surface area (Å²) in [5.41, 5.74) is 3.11. The van der Waals surface area contributed by atoms with E-state index in [2.05, 4.69) is 10.1 Å². The summed E-state index contributed by atoms with van der Waals surface area (Å²) >= 11 is 0. The van der Waals surface area contributed by atoms with E-state index in [1.807, 2.05) is 66.4 Å². The highest BCUT2D eigenvalue weighted by Gasteiger charge is 2.27. The van der Waals surface area contributed by atoms with Crippen molar-refractivity contribution >= 4 is 5.91 Å². The molecule has 0 saturated heterocycles. The molecule has 0 spiro atoms. The van der Waals surface area contributed by atoms with Crippen molar-refractivity contribution < 1.29 is 9.32 Å². The molecule has 0 atom stereocenters. The molecule has 1 aromatic heterocycles. The number of benzene rings is 2. The summed E-state index contributed by atoms with van der Waals surface area (Å²) in [6.45, 7) is 2.41. The topological polar surface area (TPSA) is 59.2 Å². The highest BCUT2D eigenvalue weighted by Crippen LogP contribution is 2.25. The number of hydrogen-bond acceptors (Lipinski definition) is 4. The van der Waals surface area contributed by atoms with Crippen molar-refractivity contribution in [3.05, 3.63) is 71.6 Å². The van der Waals surface area contributed by atoms with Crippen LogP contribution in [0.5, 0.6) is 0 Å². The fourth-order valence-corrected chi connectivity index (χ4v) is 4.05. The molecule has 0 N–H and O–H groups in total. The maximum Gasteiger partial charge on any atom is 0.246 e. The zero-order valence-corrected chi connectivity index (χ0v) is 16.9. The second kappa shape index (κ2) is 9.03. The van der Waals surface area contributed by atoms with Gasteiger partial charge >= 0.3 is 0 Å². The molecule has 1 heterocycles. The minimum atomic E-state index is 0.124. The van der Waals surface area contributed by atoms with E-state index in [9.17, 15) is 4.79 Å². The van der Waals surface area contributed by atoms with Gasteiger partial charge in [0, 0.05) is 11.6 Å². The molecule has 1 aliphatic rings. The molecule has 0 radical (unpaired) electrons. The van der Waals surface area contributed by atoms with Crippen LogP contribution in [0.2, 0.25) is 0 Å². The van der Waals surface area contributed by atoms with Crippen LogP contribution >= 0.6 is 0 Å². The van der Waals surface area contributed by atoms with Crippen LogP contribution in [0.4, 0.5) is 0 Å². The zero-order chi connectivity index (χ0) is 20.1. The minimum absolute atomic E-state index is 0.124. The maximum atomic E-state index is 13.2. The summed E-state index contributed by atoms with van der Waals surface area (Å²) in [5.74, 6) is 1.19. The highest BCUT2D eigenvalue weighted by atomic mass is 16.5. The van der Waals surface area contributed by atoms with E-state index in [1.54, 1.807) is 0 Å². The lowest BCUT2D eigenvalue weighted by Crippen LogP contribution is -2.41. The minimum Gasteiger partial charge on any atom is -0.337 e. The van der Waals surface area contributed by atoms with Crippen LogP contribution in [0, 0.1) is 6.92 Å². The Labute approximate surface area is 171 Å². The summed E-state index contributed by atoms with van der Waals surface area (Å²) in [6, 6.07) is 18.2. The van der Waals surface area contributed by atoms with E-state index < -0.39 is 0 Å². The largest absolute Gasteiger partial charge is 0.337 e. The van der Waals surface area contributed by atoms with Crippen LogP contribution in [-0.2, 0) is 17.8 Å².